The van der Waals surface area contributed by atoms with Crippen molar-refractivity contribution in [3.8, 4) is 5.88 Å². The molecule has 3 aromatic rings. The van der Waals surface area contributed by atoms with Gasteiger partial charge in [-0.15, -0.1) is 0 Å². The second-order valence-electron chi connectivity index (χ2n) is 6.49. The number of aromatic nitrogens is 1. The maximum atomic E-state index is 13.5. The predicted molar refractivity (Wildman–Crippen MR) is 108 cm³/mol. The predicted octanol–water partition coefficient (Wildman–Crippen LogP) is 4.89. The van der Waals surface area contributed by atoms with Crippen LogP contribution in [0.4, 0.5) is 15.8 Å². The highest BCUT2D eigenvalue weighted by Gasteiger charge is 2.11. The van der Waals surface area contributed by atoms with Crippen LogP contribution in [0.5, 0.6) is 5.88 Å². The second-order valence-corrected chi connectivity index (χ2v) is 6.49. The highest BCUT2D eigenvalue weighted by atomic mass is 19.1. The number of aryl methyl sites for hydroxylation is 1. The van der Waals surface area contributed by atoms with Crippen molar-refractivity contribution in [2.75, 3.05) is 25.3 Å². The molecule has 0 aliphatic heterocycles. The van der Waals surface area contributed by atoms with Crippen molar-refractivity contribution < 1.29 is 14.2 Å². The molecule has 0 saturated heterocycles. The molecule has 0 spiro atoms. The van der Waals surface area contributed by atoms with E-state index in [0.29, 0.717) is 23.2 Å². The molecule has 3 rings (SSSR count). The van der Waals surface area contributed by atoms with Gasteiger partial charge >= 0.3 is 0 Å². The Kier molecular flexibility index (Phi) is 5.76. The van der Waals surface area contributed by atoms with Crippen LogP contribution in [0.25, 0.3) is 10.9 Å². The number of anilines is 1. The van der Waals surface area contributed by atoms with Gasteiger partial charge in [-0.1, -0.05) is 6.92 Å². The Morgan fingerprint density at radius 1 is 1.26 bits per heavy atom. The Balaban J connectivity index is 1.89. The first kappa shape index (κ1) is 18.9. The van der Waals surface area contributed by atoms with Gasteiger partial charge in [-0.3, -0.25) is 4.99 Å². The molecule has 0 unspecified atom stereocenters. The van der Waals surface area contributed by atoms with Crippen molar-refractivity contribution in [2.24, 2.45) is 4.99 Å². The zero-order valence-electron chi connectivity index (χ0n) is 15.8. The molecule has 1 aromatic heterocycles. The third-order valence-electron chi connectivity index (χ3n) is 4.42. The van der Waals surface area contributed by atoms with Crippen molar-refractivity contribution in [1.82, 2.24) is 4.98 Å². The van der Waals surface area contributed by atoms with Crippen LogP contribution in [0.2, 0.25) is 0 Å². The van der Waals surface area contributed by atoms with Gasteiger partial charge in [-0.25, -0.2) is 4.39 Å². The van der Waals surface area contributed by atoms with Crippen molar-refractivity contribution in [3.63, 3.8) is 0 Å². The molecule has 0 aliphatic carbocycles. The summed E-state index contributed by atoms with van der Waals surface area (Å²) in [6.07, 6.45) is 2.58. The molecule has 5 nitrogen and oxygen atoms in total. The van der Waals surface area contributed by atoms with Crippen LogP contribution in [-0.4, -0.2) is 36.7 Å². The summed E-state index contributed by atoms with van der Waals surface area (Å²) in [5.74, 6) is -0.382. The van der Waals surface area contributed by atoms with Gasteiger partial charge in [-0.2, -0.15) is 0 Å². The van der Waals surface area contributed by atoms with E-state index in [1.807, 2.05) is 25.1 Å². The molecule has 142 valence electrons. The molecular weight excluding hydrogens is 345 g/mol. The first-order chi connectivity index (χ1) is 13.0. The number of fused-ring (bicyclic) bond motifs is 1. The van der Waals surface area contributed by atoms with Gasteiger partial charge in [0.1, 0.15) is 12.5 Å². The monoisotopic (exact) mass is 369 g/mol. The van der Waals surface area contributed by atoms with Gasteiger partial charge in [0, 0.05) is 36.5 Å². The Labute approximate surface area is 158 Å². The van der Waals surface area contributed by atoms with E-state index in [1.165, 1.54) is 12.1 Å². The Morgan fingerprint density at radius 3 is 2.78 bits per heavy atom. The van der Waals surface area contributed by atoms with E-state index in [0.717, 1.165) is 29.9 Å². The van der Waals surface area contributed by atoms with E-state index in [4.69, 9.17) is 4.74 Å². The van der Waals surface area contributed by atoms with Crippen LogP contribution in [0.1, 0.15) is 24.5 Å². The van der Waals surface area contributed by atoms with E-state index >= 15 is 0 Å². The molecule has 2 aromatic carbocycles. The summed E-state index contributed by atoms with van der Waals surface area (Å²) in [6, 6.07) is 10.3. The first-order valence-corrected chi connectivity index (χ1v) is 8.92. The van der Waals surface area contributed by atoms with E-state index in [2.05, 4.69) is 21.8 Å². The standard InChI is InChI=1S/C21H24FN3O2/c1-4-9-25(13-27-3)20-8-6-16(10-14(20)2)23-12-18-17-11-15(22)5-7-19(17)24-21(18)26/h5-8,10-12,24,26H,4,9,13H2,1-3H3. The van der Waals surface area contributed by atoms with E-state index in [9.17, 15) is 9.50 Å². The molecule has 1 heterocycles. The number of aromatic hydroxyl groups is 1. The zero-order chi connectivity index (χ0) is 19.4. The van der Waals surface area contributed by atoms with E-state index in [-0.39, 0.29) is 11.7 Å². The Morgan fingerprint density at radius 2 is 2.07 bits per heavy atom. The van der Waals surface area contributed by atoms with Crippen LogP contribution in [0, 0.1) is 12.7 Å². The van der Waals surface area contributed by atoms with Gasteiger partial charge in [0.15, 0.2) is 5.88 Å². The highest BCUT2D eigenvalue weighted by molar-refractivity contribution is 6.02. The van der Waals surface area contributed by atoms with Crippen LogP contribution in [0.15, 0.2) is 41.4 Å². The summed E-state index contributed by atoms with van der Waals surface area (Å²) in [6.45, 7) is 5.61. The van der Waals surface area contributed by atoms with Crippen LogP contribution < -0.4 is 4.90 Å². The molecule has 0 atom stereocenters. The lowest BCUT2D eigenvalue weighted by Gasteiger charge is -2.25. The molecule has 6 heteroatoms. The van der Waals surface area contributed by atoms with Crippen LogP contribution >= 0.6 is 0 Å². The summed E-state index contributed by atoms with van der Waals surface area (Å²) in [5.41, 5.74) is 4.09. The number of methoxy groups -OCH3 is 1. The number of rotatable bonds is 7. The number of H-pyrrole nitrogens is 1. The molecule has 0 bridgehead atoms. The summed E-state index contributed by atoms with van der Waals surface area (Å²) >= 11 is 0. The van der Waals surface area contributed by atoms with Crippen molar-refractivity contribution in [2.45, 2.75) is 20.3 Å². The molecule has 0 saturated carbocycles. The number of nitrogens with one attached hydrogen (secondary N) is 1. The average Bonchev–Trinajstić information content (AvgIpc) is 2.94. The summed E-state index contributed by atoms with van der Waals surface area (Å²) in [4.78, 5) is 9.47. The summed E-state index contributed by atoms with van der Waals surface area (Å²) < 4.78 is 18.8. The SMILES string of the molecule is CCCN(COC)c1ccc(N=Cc2c(O)[nH]c3ccc(F)cc23)cc1C. The number of hydrogen-bond donors (Lipinski definition) is 2. The van der Waals surface area contributed by atoms with Crippen LogP contribution in [-0.2, 0) is 4.74 Å². The first-order valence-electron chi connectivity index (χ1n) is 8.92. The fourth-order valence-corrected chi connectivity index (χ4v) is 3.20. The Hall–Kier alpha value is -2.86. The van der Waals surface area contributed by atoms with Crippen molar-refractivity contribution in [1.29, 1.82) is 0 Å². The molecule has 0 aliphatic rings. The smallest absolute Gasteiger partial charge is 0.198 e. The number of hydrogen-bond acceptors (Lipinski definition) is 4. The third-order valence-corrected chi connectivity index (χ3v) is 4.42. The van der Waals surface area contributed by atoms with Gasteiger partial charge in [0.2, 0.25) is 0 Å². The lowest BCUT2D eigenvalue weighted by Crippen LogP contribution is -2.26. The minimum atomic E-state index is -0.356. The third kappa shape index (κ3) is 4.11. The topological polar surface area (TPSA) is 60.9 Å². The zero-order valence-corrected chi connectivity index (χ0v) is 15.8. The fraction of sp³-hybridized carbons (Fsp3) is 0.286. The number of halogens is 1. The molecule has 27 heavy (non-hydrogen) atoms. The fourth-order valence-electron chi connectivity index (χ4n) is 3.20. The summed E-state index contributed by atoms with van der Waals surface area (Å²) in [5, 5.41) is 10.7. The van der Waals surface area contributed by atoms with Gasteiger partial charge < -0.3 is 19.7 Å². The highest BCUT2D eigenvalue weighted by Crippen LogP contribution is 2.28. The lowest BCUT2D eigenvalue weighted by molar-refractivity contribution is 0.197. The van der Waals surface area contributed by atoms with Crippen molar-refractivity contribution in [3.05, 3.63) is 53.3 Å². The molecular formula is C21H24FN3O2. The molecule has 0 fully saturated rings. The average molecular weight is 369 g/mol. The van der Waals surface area contributed by atoms with Crippen molar-refractivity contribution >= 4 is 28.5 Å². The summed E-state index contributed by atoms with van der Waals surface area (Å²) in [7, 11) is 1.69. The van der Waals surface area contributed by atoms with E-state index < -0.39 is 0 Å². The molecule has 2 N–H and O–H groups in total. The quantitative estimate of drug-likeness (QED) is 0.460. The largest absolute Gasteiger partial charge is 0.494 e. The maximum Gasteiger partial charge on any atom is 0.198 e. The number of aliphatic imine (C=N–C) groups is 1. The number of ether oxygens (including phenoxy) is 1. The minimum Gasteiger partial charge on any atom is -0.494 e. The number of aromatic amines is 1. The maximum absolute atomic E-state index is 13.5. The lowest BCUT2D eigenvalue weighted by atomic mass is 10.1. The Bertz CT molecular complexity index is 959. The van der Waals surface area contributed by atoms with Gasteiger partial charge in [0.25, 0.3) is 0 Å². The van der Waals surface area contributed by atoms with E-state index in [1.54, 1.807) is 19.4 Å². The van der Waals surface area contributed by atoms with Gasteiger partial charge in [-0.05, 0) is 55.3 Å². The van der Waals surface area contributed by atoms with Gasteiger partial charge in [0.05, 0.1) is 11.3 Å². The van der Waals surface area contributed by atoms with Crippen LogP contribution in [0.3, 0.4) is 0 Å². The number of benzene rings is 2. The molecule has 0 amide bonds. The normalized spacial score (nSPS) is 11.6. The minimum absolute atomic E-state index is 0.0260. The number of nitrogens with zero attached hydrogens (tertiary/aromatic N) is 2. The second kappa shape index (κ2) is 8.22. The molecule has 0 radical (unpaired) electrons.